The molecule has 1 heterocycles. The molecule has 1 aromatic rings. The van der Waals surface area contributed by atoms with E-state index in [9.17, 15) is 24.0 Å². The summed E-state index contributed by atoms with van der Waals surface area (Å²) in [4.78, 5) is 69.3. The Kier molecular flexibility index (Phi) is 9.21. The topological polar surface area (TPSA) is 135 Å². The number of carbonyl (C=O) groups is 5. The van der Waals surface area contributed by atoms with Gasteiger partial charge in [-0.2, -0.15) is 0 Å². The SMILES string of the molecule is CCOC(=O)C1(C(=O)OCC)CN(c2ccccc2)[C@@H](C(=O)OC)C1(C(=O)OCC)C(=O)OCC. The third-order valence-corrected chi connectivity index (χ3v) is 5.76. The van der Waals surface area contributed by atoms with Crippen molar-refractivity contribution in [1.82, 2.24) is 0 Å². The summed E-state index contributed by atoms with van der Waals surface area (Å²) in [5.74, 6) is -6.15. The second-order valence-corrected chi connectivity index (χ2v) is 7.48. The van der Waals surface area contributed by atoms with Crippen molar-refractivity contribution in [2.45, 2.75) is 33.7 Å². The molecule has 1 aliphatic heterocycles. The summed E-state index contributed by atoms with van der Waals surface area (Å²) >= 11 is 0. The van der Waals surface area contributed by atoms with Crippen LogP contribution in [0.4, 0.5) is 5.69 Å². The lowest BCUT2D eigenvalue weighted by Gasteiger charge is -2.38. The second-order valence-electron chi connectivity index (χ2n) is 7.48. The summed E-state index contributed by atoms with van der Waals surface area (Å²) in [6.45, 7) is 4.51. The number of hydrogen-bond donors (Lipinski definition) is 0. The highest BCUT2D eigenvalue weighted by Crippen LogP contribution is 2.55. The zero-order valence-electron chi connectivity index (χ0n) is 20.5. The van der Waals surface area contributed by atoms with Crippen LogP contribution < -0.4 is 4.90 Å². The molecule has 1 atom stereocenters. The molecule has 35 heavy (non-hydrogen) atoms. The molecule has 0 N–H and O–H groups in total. The van der Waals surface area contributed by atoms with E-state index in [2.05, 4.69) is 0 Å². The minimum absolute atomic E-state index is 0.185. The maximum atomic E-state index is 13.8. The summed E-state index contributed by atoms with van der Waals surface area (Å²) in [7, 11) is 1.06. The molecule has 0 unspecified atom stereocenters. The van der Waals surface area contributed by atoms with Gasteiger partial charge >= 0.3 is 29.8 Å². The van der Waals surface area contributed by atoms with E-state index in [1.54, 1.807) is 30.3 Å². The third-order valence-electron chi connectivity index (χ3n) is 5.76. The van der Waals surface area contributed by atoms with Gasteiger partial charge in [0.1, 0.15) is 0 Å². The summed E-state index contributed by atoms with van der Waals surface area (Å²) in [5.41, 5.74) is -5.15. The zero-order chi connectivity index (χ0) is 26.2. The predicted molar refractivity (Wildman–Crippen MR) is 121 cm³/mol. The molecule has 1 aromatic carbocycles. The van der Waals surface area contributed by atoms with Gasteiger partial charge in [0, 0.05) is 12.2 Å². The van der Waals surface area contributed by atoms with E-state index < -0.39 is 53.3 Å². The Hall–Kier alpha value is -3.63. The van der Waals surface area contributed by atoms with Crippen molar-refractivity contribution < 1.29 is 47.7 Å². The summed E-state index contributed by atoms with van der Waals surface area (Å²) in [6.07, 6.45) is 0. The van der Waals surface area contributed by atoms with Gasteiger partial charge in [-0.1, -0.05) is 18.2 Å². The van der Waals surface area contributed by atoms with Gasteiger partial charge in [-0.3, -0.25) is 19.2 Å². The van der Waals surface area contributed by atoms with Crippen molar-refractivity contribution in [2.75, 3.05) is 45.0 Å². The first-order valence-corrected chi connectivity index (χ1v) is 11.3. The Morgan fingerprint density at radius 1 is 0.771 bits per heavy atom. The molecule has 0 bridgehead atoms. The Labute approximate surface area is 203 Å². The van der Waals surface area contributed by atoms with Crippen LogP contribution in [0.1, 0.15) is 27.7 Å². The molecule has 0 aromatic heterocycles. The number of nitrogens with zero attached hydrogens (tertiary/aromatic N) is 1. The first-order chi connectivity index (χ1) is 16.7. The molecule has 11 nitrogen and oxygen atoms in total. The maximum Gasteiger partial charge on any atom is 0.330 e. The number of hydrogen-bond acceptors (Lipinski definition) is 11. The van der Waals surface area contributed by atoms with Crippen molar-refractivity contribution in [3.63, 3.8) is 0 Å². The van der Waals surface area contributed by atoms with Gasteiger partial charge in [0.05, 0.1) is 33.5 Å². The van der Waals surface area contributed by atoms with Gasteiger partial charge in [-0.25, -0.2) is 4.79 Å². The van der Waals surface area contributed by atoms with Gasteiger partial charge < -0.3 is 28.6 Å². The zero-order valence-corrected chi connectivity index (χ0v) is 20.5. The first-order valence-electron chi connectivity index (χ1n) is 11.3. The lowest BCUT2D eigenvalue weighted by Crippen LogP contribution is -2.66. The minimum atomic E-state index is -2.83. The number of rotatable bonds is 10. The van der Waals surface area contributed by atoms with Crippen molar-refractivity contribution in [3.8, 4) is 0 Å². The number of ether oxygens (including phenoxy) is 5. The Morgan fingerprint density at radius 2 is 1.20 bits per heavy atom. The van der Waals surface area contributed by atoms with Gasteiger partial charge in [0.25, 0.3) is 0 Å². The minimum Gasteiger partial charge on any atom is -0.467 e. The number of carbonyl (C=O) groups excluding carboxylic acids is 5. The molecule has 0 aliphatic carbocycles. The molecule has 0 amide bonds. The normalized spacial score (nSPS) is 17.7. The predicted octanol–water partition coefficient (Wildman–Crippen LogP) is 1.27. The highest BCUT2D eigenvalue weighted by atomic mass is 16.6. The molecular weight excluding hydrogens is 462 g/mol. The summed E-state index contributed by atoms with van der Waals surface area (Å²) in [5, 5.41) is 0. The van der Waals surface area contributed by atoms with Gasteiger partial charge in [0.2, 0.25) is 10.8 Å². The van der Waals surface area contributed by atoms with Gasteiger partial charge in [-0.05, 0) is 39.8 Å². The molecule has 0 saturated carbocycles. The number of benzene rings is 1. The molecule has 1 saturated heterocycles. The average Bonchev–Trinajstić information content (AvgIpc) is 3.19. The van der Waals surface area contributed by atoms with Crippen molar-refractivity contribution >= 4 is 35.5 Å². The van der Waals surface area contributed by atoms with Crippen LogP contribution >= 0.6 is 0 Å². The molecule has 192 valence electrons. The smallest absolute Gasteiger partial charge is 0.330 e. The van der Waals surface area contributed by atoms with E-state index in [0.717, 1.165) is 7.11 Å². The molecule has 0 radical (unpaired) electrons. The second kappa shape index (κ2) is 11.7. The van der Waals surface area contributed by atoms with Crippen molar-refractivity contribution in [1.29, 1.82) is 0 Å². The fraction of sp³-hybridized carbons (Fsp3) is 0.542. The Balaban J connectivity index is 3.09. The van der Waals surface area contributed by atoms with Crippen LogP contribution in [0.3, 0.4) is 0 Å². The van der Waals surface area contributed by atoms with Crippen molar-refractivity contribution in [3.05, 3.63) is 30.3 Å². The van der Waals surface area contributed by atoms with Crippen LogP contribution in [-0.4, -0.2) is 76.0 Å². The fourth-order valence-electron chi connectivity index (χ4n) is 4.40. The van der Waals surface area contributed by atoms with E-state index in [1.807, 2.05) is 0 Å². The van der Waals surface area contributed by atoms with E-state index in [1.165, 1.54) is 32.6 Å². The lowest BCUT2D eigenvalue weighted by atomic mass is 9.61. The third kappa shape index (κ3) is 4.42. The fourth-order valence-corrected chi connectivity index (χ4v) is 4.40. The van der Waals surface area contributed by atoms with E-state index in [0.29, 0.717) is 5.69 Å². The standard InChI is InChI=1S/C24H31NO10/c1-6-32-19(27)23(20(28)33-7-2)15-25(16-13-11-10-12-14-16)17(18(26)31-5)24(23,21(29)34-8-3)22(30)35-9-4/h10-14,17H,6-9,15H2,1-5H3/t17-/m0/s1. The molecule has 11 heteroatoms. The van der Waals surface area contributed by atoms with Crippen LogP contribution in [0.25, 0.3) is 0 Å². The maximum absolute atomic E-state index is 13.8. The number of esters is 5. The van der Waals surface area contributed by atoms with Crippen molar-refractivity contribution in [2.24, 2.45) is 10.8 Å². The van der Waals surface area contributed by atoms with E-state index >= 15 is 0 Å². The molecule has 0 spiro atoms. The highest BCUT2D eigenvalue weighted by molar-refractivity contribution is 6.19. The molecule has 2 rings (SSSR count). The van der Waals surface area contributed by atoms with Crippen LogP contribution in [0.2, 0.25) is 0 Å². The van der Waals surface area contributed by atoms with Gasteiger partial charge in [-0.15, -0.1) is 0 Å². The van der Waals surface area contributed by atoms with E-state index in [4.69, 9.17) is 23.7 Å². The quantitative estimate of drug-likeness (QED) is 0.265. The number of para-hydroxylation sites is 1. The summed E-state index contributed by atoms with van der Waals surface area (Å²) in [6, 6.07) is 6.36. The molecular formula is C24H31NO10. The number of anilines is 1. The molecule has 1 fully saturated rings. The first kappa shape index (κ1) is 27.6. The van der Waals surface area contributed by atoms with Crippen LogP contribution in [0.5, 0.6) is 0 Å². The van der Waals surface area contributed by atoms with Crippen LogP contribution in [-0.2, 0) is 47.7 Å². The van der Waals surface area contributed by atoms with Gasteiger partial charge in [0.15, 0.2) is 6.04 Å². The van der Waals surface area contributed by atoms with E-state index in [-0.39, 0.29) is 26.4 Å². The lowest BCUT2D eigenvalue weighted by molar-refractivity contribution is -0.201. The Bertz CT molecular complexity index is 909. The largest absolute Gasteiger partial charge is 0.467 e. The highest BCUT2D eigenvalue weighted by Gasteiger charge is 2.83. The van der Waals surface area contributed by atoms with Crippen LogP contribution in [0.15, 0.2) is 30.3 Å². The Morgan fingerprint density at radius 3 is 1.60 bits per heavy atom. The number of methoxy groups -OCH3 is 1. The van der Waals surface area contributed by atoms with Crippen LogP contribution in [0, 0.1) is 10.8 Å². The average molecular weight is 494 g/mol. The molecule has 1 aliphatic rings. The summed E-state index contributed by atoms with van der Waals surface area (Å²) < 4.78 is 25.9. The monoisotopic (exact) mass is 493 g/mol.